The number of thioether (sulfide) groups is 1. The smallest absolute Gasteiger partial charge is 0.240 e. The zero-order valence-electron chi connectivity index (χ0n) is 21.9. The molecule has 0 bridgehead atoms. The van der Waals surface area contributed by atoms with Crippen LogP contribution < -0.4 is 10.2 Å². The minimum Gasteiger partial charge on any atom is -0.352 e. The number of halogens is 1. The molecule has 0 spiro atoms. The predicted molar refractivity (Wildman–Crippen MR) is 153 cm³/mol. The van der Waals surface area contributed by atoms with Crippen LogP contribution in [0, 0.1) is 19.7 Å². The largest absolute Gasteiger partial charge is 0.352 e. The number of fused-ring (bicyclic) bond motifs is 1. The van der Waals surface area contributed by atoms with E-state index in [9.17, 15) is 9.59 Å². The third-order valence-electron chi connectivity index (χ3n) is 7.15. The van der Waals surface area contributed by atoms with E-state index in [1.165, 1.54) is 17.8 Å². The lowest BCUT2D eigenvalue weighted by Gasteiger charge is -2.24. The number of aromatic nitrogens is 2. The molecule has 4 aromatic rings. The van der Waals surface area contributed by atoms with Crippen LogP contribution in [0.2, 0.25) is 0 Å². The van der Waals surface area contributed by atoms with Gasteiger partial charge in [-0.15, -0.1) is 11.8 Å². The number of rotatable bonds is 6. The van der Waals surface area contributed by atoms with E-state index in [0.717, 1.165) is 40.8 Å². The van der Waals surface area contributed by atoms with Gasteiger partial charge in [-0.2, -0.15) is 5.10 Å². The van der Waals surface area contributed by atoms with Crippen LogP contribution in [0.15, 0.2) is 72.8 Å². The molecule has 0 saturated heterocycles. The number of hydrogen-bond donors (Lipinski definition) is 1. The Balaban J connectivity index is 1.63. The van der Waals surface area contributed by atoms with E-state index in [0.29, 0.717) is 17.1 Å². The first kappa shape index (κ1) is 25.4. The number of nitrogens with zero attached hydrogens (tertiary/aromatic N) is 3. The van der Waals surface area contributed by atoms with E-state index < -0.39 is 5.25 Å². The molecule has 2 amide bonds. The molecule has 1 fully saturated rings. The number of nitrogens with one attached hydrogen (secondary N) is 1. The quantitative estimate of drug-likeness (QED) is 0.339. The van der Waals surface area contributed by atoms with Crippen molar-refractivity contribution in [1.82, 2.24) is 15.1 Å². The molecule has 3 aromatic carbocycles. The normalized spacial score (nSPS) is 17.1. The Morgan fingerprint density at radius 2 is 1.79 bits per heavy atom. The first-order valence-corrected chi connectivity index (χ1v) is 14.2. The Kier molecular flexibility index (Phi) is 6.73. The van der Waals surface area contributed by atoms with Gasteiger partial charge in [0.15, 0.2) is 0 Å². The highest BCUT2D eigenvalue weighted by Gasteiger charge is 2.39. The van der Waals surface area contributed by atoms with Gasteiger partial charge >= 0.3 is 0 Å². The van der Waals surface area contributed by atoms with Gasteiger partial charge in [-0.25, -0.2) is 9.07 Å². The maximum Gasteiger partial charge on any atom is 0.240 e. The van der Waals surface area contributed by atoms with Gasteiger partial charge in [-0.05, 0) is 44.4 Å². The Labute approximate surface area is 231 Å². The fourth-order valence-electron chi connectivity index (χ4n) is 5.12. The van der Waals surface area contributed by atoms with Crippen molar-refractivity contribution in [3.63, 3.8) is 0 Å². The maximum absolute atomic E-state index is 15.3. The Bertz CT molecular complexity index is 1560. The van der Waals surface area contributed by atoms with Gasteiger partial charge in [0.2, 0.25) is 11.8 Å². The summed E-state index contributed by atoms with van der Waals surface area (Å²) in [7, 11) is 0. The van der Waals surface area contributed by atoms with Crippen LogP contribution in [-0.4, -0.2) is 39.9 Å². The van der Waals surface area contributed by atoms with Crippen molar-refractivity contribution < 1.29 is 14.0 Å². The molecule has 1 aromatic heterocycles. The molecule has 0 unspecified atom stereocenters. The van der Waals surface area contributed by atoms with E-state index in [-0.39, 0.29) is 36.0 Å². The summed E-state index contributed by atoms with van der Waals surface area (Å²) in [6.07, 6.45) is 1.91. The second-order valence-electron chi connectivity index (χ2n) is 10.2. The number of benzene rings is 3. The highest BCUT2D eigenvalue weighted by Crippen LogP contribution is 2.49. The zero-order chi connectivity index (χ0) is 27.1. The molecule has 1 saturated carbocycles. The molecule has 2 heterocycles. The molecule has 1 aliphatic carbocycles. The molecule has 2 aliphatic rings. The Morgan fingerprint density at radius 3 is 2.51 bits per heavy atom. The standard InChI is InChI=1S/C31H29FN4O2S/c1-19-12-15-25(20(2)16-19)36-31-28(29(34-36)21-8-4-3-5-9-21)30(23-10-6-7-11-24(23)32)39-18-27(38)35(31)17-26(37)33-22-13-14-22/h3-12,15-16,22,30H,13-14,17-18H2,1-2H3,(H,33,37)/t30-/m1/s1. The van der Waals surface area contributed by atoms with Gasteiger partial charge in [-0.1, -0.05) is 66.2 Å². The van der Waals surface area contributed by atoms with Crippen molar-refractivity contribution in [3.8, 4) is 16.9 Å². The van der Waals surface area contributed by atoms with Crippen molar-refractivity contribution in [2.24, 2.45) is 0 Å². The lowest BCUT2D eigenvalue weighted by Crippen LogP contribution is -2.43. The van der Waals surface area contributed by atoms with Crippen molar-refractivity contribution in [3.05, 3.63) is 101 Å². The first-order valence-electron chi connectivity index (χ1n) is 13.1. The van der Waals surface area contributed by atoms with E-state index >= 15 is 4.39 Å². The summed E-state index contributed by atoms with van der Waals surface area (Å²) in [5.74, 6) is -0.148. The Hall–Kier alpha value is -3.91. The fourth-order valence-corrected chi connectivity index (χ4v) is 6.34. The van der Waals surface area contributed by atoms with Crippen molar-refractivity contribution >= 4 is 29.4 Å². The van der Waals surface area contributed by atoms with Gasteiger partial charge in [0.1, 0.15) is 18.2 Å². The molecule has 1 N–H and O–H groups in total. The van der Waals surface area contributed by atoms with Crippen LogP contribution in [-0.2, 0) is 9.59 Å². The summed E-state index contributed by atoms with van der Waals surface area (Å²) in [5.41, 5.74) is 5.62. The molecule has 8 heteroatoms. The maximum atomic E-state index is 15.3. The third-order valence-corrected chi connectivity index (χ3v) is 8.39. The summed E-state index contributed by atoms with van der Waals surface area (Å²) in [4.78, 5) is 28.3. The van der Waals surface area contributed by atoms with E-state index in [2.05, 4.69) is 11.4 Å². The Morgan fingerprint density at radius 1 is 1.05 bits per heavy atom. The first-order chi connectivity index (χ1) is 18.9. The molecular formula is C31H29FN4O2S. The SMILES string of the molecule is Cc1ccc(-n2nc(-c3ccccc3)c3c2N(CC(=O)NC2CC2)C(=O)CS[C@@H]3c2ccccc2F)c(C)c1. The zero-order valence-corrected chi connectivity index (χ0v) is 22.7. The van der Waals surface area contributed by atoms with Gasteiger partial charge in [0.25, 0.3) is 0 Å². The minimum absolute atomic E-state index is 0.103. The highest BCUT2D eigenvalue weighted by molar-refractivity contribution is 8.00. The minimum atomic E-state index is -0.503. The summed E-state index contributed by atoms with van der Waals surface area (Å²) < 4.78 is 17.1. The molecule has 6 nitrogen and oxygen atoms in total. The van der Waals surface area contributed by atoms with Gasteiger partial charge in [0, 0.05) is 22.7 Å². The van der Waals surface area contributed by atoms with E-state index in [1.54, 1.807) is 21.7 Å². The van der Waals surface area contributed by atoms with Gasteiger partial charge < -0.3 is 5.32 Å². The molecule has 6 rings (SSSR count). The monoisotopic (exact) mass is 540 g/mol. The van der Waals surface area contributed by atoms with Crippen LogP contribution in [0.5, 0.6) is 0 Å². The van der Waals surface area contributed by atoms with Gasteiger partial charge in [0.05, 0.1) is 22.4 Å². The molecule has 39 heavy (non-hydrogen) atoms. The van der Waals surface area contributed by atoms with Crippen LogP contribution in [0.25, 0.3) is 16.9 Å². The number of anilines is 1. The van der Waals surface area contributed by atoms with Crippen LogP contribution in [0.1, 0.15) is 40.3 Å². The molecular weight excluding hydrogens is 511 g/mol. The number of hydrogen-bond acceptors (Lipinski definition) is 4. The van der Waals surface area contributed by atoms with Crippen molar-refractivity contribution in [2.45, 2.75) is 38.0 Å². The van der Waals surface area contributed by atoms with Crippen LogP contribution in [0.3, 0.4) is 0 Å². The summed E-state index contributed by atoms with van der Waals surface area (Å²) in [6.45, 7) is 3.90. The summed E-state index contributed by atoms with van der Waals surface area (Å²) >= 11 is 1.37. The highest BCUT2D eigenvalue weighted by atomic mass is 32.2. The summed E-state index contributed by atoms with van der Waals surface area (Å²) in [5, 5.41) is 7.60. The second kappa shape index (κ2) is 10.3. The van der Waals surface area contributed by atoms with E-state index in [1.807, 2.05) is 62.4 Å². The fraction of sp³-hybridized carbons (Fsp3) is 0.258. The number of carbonyl (C=O) groups excluding carboxylic acids is 2. The third kappa shape index (κ3) is 4.96. The summed E-state index contributed by atoms with van der Waals surface area (Å²) in [6, 6.07) is 22.6. The lowest BCUT2D eigenvalue weighted by atomic mass is 9.99. The number of aryl methyl sites for hydroxylation is 2. The predicted octanol–water partition coefficient (Wildman–Crippen LogP) is 5.74. The molecule has 1 aliphatic heterocycles. The number of carbonyl (C=O) groups is 2. The van der Waals surface area contributed by atoms with Gasteiger partial charge in [-0.3, -0.25) is 14.5 Å². The molecule has 198 valence electrons. The topological polar surface area (TPSA) is 67.2 Å². The lowest BCUT2D eigenvalue weighted by molar-refractivity contribution is -0.123. The van der Waals surface area contributed by atoms with Crippen molar-refractivity contribution in [2.75, 3.05) is 17.2 Å². The number of amides is 2. The average molecular weight is 541 g/mol. The molecule has 0 radical (unpaired) electrons. The van der Waals surface area contributed by atoms with E-state index in [4.69, 9.17) is 5.10 Å². The average Bonchev–Trinajstić information content (AvgIpc) is 3.68. The van der Waals surface area contributed by atoms with Crippen molar-refractivity contribution in [1.29, 1.82) is 0 Å². The second-order valence-corrected chi connectivity index (χ2v) is 11.3. The van der Waals surface area contributed by atoms with Crippen LogP contribution in [0.4, 0.5) is 10.2 Å². The van der Waals surface area contributed by atoms with Crippen LogP contribution >= 0.6 is 11.8 Å². The molecule has 1 atom stereocenters.